The summed E-state index contributed by atoms with van der Waals surface area (Å²) in [5, 5.41) is 14.8. The van der Waals surface area contributed by atoms with E-state index in [4.69, 9.17) is 4.74 Å². The van der Waals surface area contributed by atoms with Gasteiger partial charge < -0.3 is 25.4 Å². The Morgan fingerprint density at radius 2 is 1.91 bits per heavy atom. The van der Waals surface area contributed by atoms with E-state index in [2.05, 4.69) is 10.6 Å². The van der Waals surface area contributed by atoms with Gasteiger partial charge in [0.15, 0.2) is 6.61 Å². The van der Waals surface area contributed by atoms with Crippen LogP contribution in [0.3, 0.4) is 0 Å². The van der Waals surface area contributed by atoms with Gasteiger partial charge in [-0.25, -0.2) is 0 Å². The number of nitrogens with one attached hydrogen (secondary N) is 2. The van der Waals surface area contributed by atoms with E-state index in [1.807, 2.05) is 31.2 Å². The highest BCUT2D eigenvalue weighted by molar-refractivity contribution is 6.00. The molecular formula is C24H29N3O5. The Balaban J connectivity index is 1.52. The number of aryl methyl sites for hydroxylation is 1. The molecule has 8 nitrogen and oxygen atoms in total. The maximum absolute atomic E-state index is 12.4. The molecule has 0 bridgehead atoms. The van der Waals surface area contributed by atoms with Crippen molar-refractivity contribution in [2.45, 2.75) is 32.8 Å². The number of benzene rings is 2. The van der Waals surface area contributed by atoms with Crippen molar-refractivity contribution < 1.29 is 24.2 Å². The first-order chi connectivity index (χ1) is 15.4. The number of carbonyl (C=O) groups is 3. The number of carbonyl (C=O) groups excluding carboxylic acids is 3. The maximum atomic E-state index is 12.4. The Hall–Kier alpha value is -3.39. The highest BCUT2D eigenvalue weighted by Crippen LogP contribution is 2.27. The average molecular weight is 440 g/mol. The van der Waals surface area contributed by atoms with Gasteiger partial charge in [-0.15, -0.1) is 0 Å². The van der Waals surface area contributed by atoms with Crippen molar-refractivity contribution in [3.05, 3.63) is 54.1 Å². The van der Waals surface area contributed by atoms with Crippen LogP contribution in [0.25, 0.3) is 0 Å². The molecule has 1 aliphatic heterocycles. The molecule has 0 saturated carbocycles. The van der Waals surface area contributed by atoms with Gasteiger partial charge in [-0.05, 0) is 49.2 Å². The van der Waals surface area contributed by atoms with E-state index in [0.29, 0.717) is 11.4 Å². The van der Waals surface area contributed by atoms with Crippen LogP contribution in [-0.4, -0.2) is 48.6 Å². The summed E-state index contributed by atoms with van der Waals surface area (Å²) in [5.41, 5.74) is 2.49. The molecular weight excluding hydrogens is 410 g/mol. The third-order valence-electron chi connectivity index (χ3n) is 5.26. The van der Waals surface area contributed by atoms with Crippen molar-refractivity contribution >= 4 is 29.1 Å². The monoisotopic (exact) mass is 439 g/mol. The van der Waals surface area contributed by atoms with E-state index in [1.165, 1.54) is 0 Å². The molecule has 0 aromatic heterocycles. The predicted molar refractivity (Wildman–Crippen MR) is 122 cm³/mol. The zero-order valence-corrected chi connectivity index (χ0v) is 18.3. The fraction of sp³-hybridized carbons (Fsp3) is 0.375. The van der Waals surface area contributed by atoms with Crippen LogP contribution in [0.4, 0.5) is 11.4 Å². The lowest BCUT2D eigenvalue weighted by Gasteiger charge is -2.17. The van der Waals surface area contributed by atoms with Crippen LogP contribution in [0.15, 0.2) is 48.5 Å². The summed E-state index contributed by atoms with van der Waals surface area (Å²) in [5.74, 6) is -0.574. The fourth-order valence-electron chi connectivity index (χ4n) is 3.53. The molecule has 1 fully saturated rings. The Labute approximate surface area is 187 Å². The number of amides is 3. The summed E-state index contributed by atoms with van der Waals surface area (Å²) >= 11 is 0. The first kappa shape index (κ1) is 23.3. The molecule has 0 radical (unpaired) electrons. The van der Waals surface area contributed by atoms with Crippen LogP contribution < -0.4 is 20.3 Å². The topological polar surface area (TPSA) is 108 Å². The third-order valence-corrected chi connectivity index (χ3v) is 5.26. The molecule has 32 heavy (non-hydrogen) atoms. The molecule has 2 atom stereocenters. The highest BCUT2D eigenvalue weighted by Gasteiger charge is 2.35. The Kier molecular flexibility index (Phi) is 7.83. The molecule has 170 valence electrons. The van der Waals surface area contributed by atoms with Crippen LogP contribution in [0.1, 0.15) is 25.8 Å². The van der Waals surface area contributed by atoms with Crippen LogP contribution in [0, 0.1) is 5.92 Å². The molecule has 2 aromatic rings. The Morgan fingerprint density at radius 1 is 1.19 bits per heavy atom. The van der Waals surface area contributed by atoms with Crippen molar-refractivity contribution in [3.8, 4) is 5.75 Å². The molecule has 3 rings (SSSR count). The summed E-state index contributed by atoms with van der Waals surface area (Å²) in [4.78, 5) is 38.3. The van der Waals surface area contributed by atoms with Gasteiger partial charge in [-0.2, -0.15) is 0 Å². The average Bonchev–Trinajstić information content (AvgIpc) is 3.18. The summed E-state index contributed by atoms with van der Waals surface area (Å²) in [6.07, 6.45) is 0.309. The van der Waals surface area contributed by atoms with Gasteiger partial charge in [0, 0.05) is 30.9 Å². The summed E-state index contributed by atoms with van der Waals surface area (Å²) in [6.45, 7) is 3.92. The first-order valence-corrected chi connectivity index (χ1v) is 10.7. The van der Waals surface area contributed by atoms with Crippen molar-refractivity contribution in [2.75, 3.05) is 29.9 Å². The minimum Gasteiger partial charge on any atom is -0.484 e. The lowest BCUT2D eigenvalue weighted by molar-refractivity contribution is -0.126. The van der Waals surface area contributed by atoms with Gasteiger partial charge >= 0.3 is 0 Å². The van der Waals surface area contributed by atoms with Crippen molar-refractivity contribution in [1.29, 1.82) is 0 Å². The molecule has 2 aromatic carbocycles. The maximum Gasteiger partial charge on any atom is 0.262 e. The van der Waals surface area contributed by atoms with Crippen LogP contribution in [0.2, 0.25) is 0 Å². The number of para-hydroxylation sites is 1. The Morgan fingerprint density at radius 3 is 2.59 bits per heavy atom. The lowest BCUT2D eigenvalue weighted by atomic mass is 10.1. The third kappa shape index (κ3) is 6.07. The number of aliphatic hydroxyl groups is 1. The van der Waals surface area contributed by atoms with Crippen LogP contribution >= 0.6 is 0 Å². The largest absolute Gasteiger partial charge is 0.484 e. The summed E-state index contributed by atoms with van der Waals surface area (Å²) < 4.78 is 5.57. The summed E-state index contributed by atoms with van der Waals surface area (Å²) in [7, 11) is 0. The predicted octanol–water partition coefficient (Wildman–Crippen LogP) is 2.12. The van der Waals surface area contributed by atoms with Gasteiger partial charge in [0.25, 0.3) is 5.91 Å². The number of hydrogen-bond donors (Lipinski definition) is 3. The number of hydrogen-bond acceptors (Lipinski definition) is 5. The lowest BCUT2D eigenvalue weighted by Crippen LogP contribution is -2.36. The van der Waals surface area contributed by atoms with E-state index in [1.54, 1.807) is 36.1 Å². The highest BCUT2D eigenvalue weighted by atomic mass is 16.5. The fourth-order valence-corrected chi connectivity index (χ4v) is 3.53. The smallest absolute Gasteiger partial charge is 0.262 e. The van der Waals surface area contributed by atoms with E-state index in [9.17, 15) is 19.5 Å². The molecule has 0 aliphatic carbocycles. The van der Waals surface area contributed by atoms with Crippen molar-refractivity contribution in [3.63, 3.8) is 0 Å². The van der Waals surface area contributed by atoms with Gasteiger partial charge in [0.05, 0.1) is 12.0 Å². The Bertz CT molecular complexity index is 958. The second-order valence-corrected chi connectivity index (χ2v) is 7.84. The molecule has 1 saturated heterocycles. The van der Waals surface area contributed by atoms with Gasteiger partial charge in [-0.3, -0.25) is 14.4 Å². The van der Waals surface area contributed by atoms with Crippen molar-refractivity contribution in [1.82, 2.24) is 5.32 Å². The quantitative estimate of drug-likeness (QED) is 0.555. The second kappa shape index (κ2) is 10.8. The number of aliphatic hydroxyl groups excluding tert-OH is 1. The molecule has 3 N–H and O–H groups in total. The van der Waals surface area contributed by atoms with E-state index in [0.717, 1.165) is 17.7 Å². The number of ether oxygens (including phenoxy) is 1. The van der Waals surface area contributed by atoms with E-state index in [-0.39, 0.29) is 43.8 Å². The SMILES string of the molecule is CCc1ccccc1NC(=O)COc1ccc(N2C[C@H](C(=O)NC[C@@H](C)O)CC2=O)cc1. The molecule has 1 heterocycles. The minimum absolute atomic E-state index is 0.128. The zero-order valence-electron chi connectivity index (χ0n) is 18.3. The van der Waals surface area contributed by atoms with Crippen LogP contribution in [-0.2, 0) is 20.8 Å². The zero-order chi connectivity index (χ0) is 23.1. The molecule has 0 unspecified atom stereocenters. The van der Waals surface area contributed by atoms with Crippen molar-refractivity contribution in [2.24, 2.45) is 5.92 Å². The van der Waals surface area contributed by atoms with E-state index >= 15 is 0 Å². The molecule has 1 aliphatic rings. The van der Waals surface area contributed by atoms with Gasteiger partial charge in [0.2, 0.25) is 11.8 Å². The second-order valence-electron chi connectivity index (χ2n) is 7.84. The van der Waals surface area contributed by atoms with Gasteiger partial charge in [0.1, 0.15) is 5.75 Å². The number of nitrogens with zero attached hydrogens (tertiary/aromatic N) is 1. The van der Waals surface area contributed by atoms with E-state index < -0.39 is 12.0 Å². The standard InChI is InChI=1S/C24H29N3O5/c1-3-17-6-4-5-7-21(17)26-22(29)15-32-20-10-8-19(9-11-20)27-14-18(12-23(27)30)24(31)25-13-16(2)28/h4-11,16,18,28H,3,12-15H2,1-2H3,(H,25,31)(H,26,29)/t16-,18-/m1/s1. The minimum atomic E-state index is -0.636. The van der Waals surface area contributed by atoms with Gasteiger partial charge in [-0.1, -0.05) is 25.1 Å². The van der Waals surface area contributed by atoms with Crippen LogP contribution in [0.5, 0.6) is 5.75 Å². The normalized spacial score (nSPS) is 16.5. The molecule has 0 spiro atoms. The number of rotatable bonds is 9. The number of anilines is 2. The summed E-state index contributed by atoms with van der Waals surface area (Å²) in [6, 6.07) is 14.5. The molecule has 8 heteroatoms. The molecule has 3 amide bonds. The first-order valence-electron chi connectivity index (χ1n) is 10.7.